The molecule has 198 valence electrons. The minimum Gasteiger partial charge on any atom is -0.478 e. The van der Waals surface area contributed by atoms with Gasteiger partial charge in [-0.3, -0.25) is 9.36 Å². The second kappa shape index (κ2) is 10.5. The number of aromatic nitrogens is 1. The molecule has 0 amide bonds. The molecule has 3 heterocycles. The molecule has 8 nitrogen and oxygen atoms in total. The van der Waals surface area contributed by atoms with Gasteiger partial charge in [0.15, 0.2) is 4.80 Å². The highest BCUT2D eigenvalue weighted by Crippen LogP contribution is 2.34. The summed E-state index contributed by atoms with van der Waals surface area (Å²) in [5.74, 6) is -0.699. The Morgan fingerprint density at radius 2 is 1.92 bits per heavy atom. The Hall–Kier alpha value is -4.21. The van der Waals surface area contributed by atoms with Crippen LogP contribution in [0.15, 0.2) is 80.1 Å². The van der Waals surface area contributed by atoms with Gasteiger partial charge in [0.05, 0.1) is 28.0 Å². The number of hydrogen-bond donors (Lipinski definition) is 1. The first-order valence-corrected chi connectivity index (χ1v) is 13.3. The van der Waals surface area contributed by atoms with E-state index in [1.165, 1.54) is 22.0 Å². The predicted octanol–water partition coefficient (Wildman–Crippen LogP) is 4.72. The van der Waals surface area contributed by atoms with E-state index >= 15 is 0 Å². The van der Waals surface area contributed by atoms with Gasteiger partial charge in [-0.1, -0.05) is 53.3 Å². The van der Waals surface area contributed by atoms with E-state index in [-0.39, 0.29) is 23.3 Å². The number of rotatable bonds is 6. The van der Waals surface area contributed by atoms with Crippen molar-refractivity contribution < 1.29 is 23.8 Å². The summed E-state index contributed by atoms with van der Waals surface area (Å²) >= 11 is 7.70. The maximum Gasteiger partial charge on any atom is 0.338 e. The minimum atomic E-state index is -1.02. The smallest absolute Gasteiger partial charge is 0.338 e. The van der Waals surface area contributed by atoms with Crippen LogP contribution >= 0.6 is 22.9 Å². The summed E-state index contributed by atoms with van der Waals surface area (Å²) in [6.07, 6.45) is 1.61. The lowest BCUT2D eigenvalue weighted by Gasteiger charge is -2.25. The molecule has 10 heteroatoms. The molecule has 5 rings (SSSR count). The van der Waals surface area contributed by atoms with E-state index in [1.54, 1.807) is 75.4 Å². The molecular weight excluding hydrogens is 540 g/mol. The van der Waals surface area contributed by atoms with Gasteiger partial charge in [-0.2, -0.15) is 0 Å². The molecule has 1 atom stereocenters. The van der Waals surface area contributed by atoms with Crippen LogP contribution in [0, 0.1) is 6.92 Å². The van der Waals surface area contributed by atoms with Crippen molar-refractivity contribution in [3.05, 3.63) is 113 Å². The number of halogens is 1. The van der Waals surface area contributed by atoms with Crippen LogP contribution < -0.4 is 14.9 Å². The maximum atomic E-state index is 13.8. The van der Waals surface area contributed by atoms with E-state index < -0.39 is 18.0 Å². The second-order valence-electron chi connectivity index (χ2n) is 8.81. The number of nitrogens with zero attached hydrogens (tertiary/aromatic N) is 2. The Morgan fingerprint density at radius 3 is 2.64 bits per heavy atom. The van der Waals surface area contributed by atoms with Crippen LogP contribution in [0.5, 0.6) is 0 Å². The Morgan fingerprint density at radius 1 is 1.15 bits per heavy atom. The van der Waals surface area contributed by atoms with Crippen molar-refractivity contribution in [2.24, 2.45) is 4.99 Å². The van der Waals surface area contributed by atoms with Crippen molar-refractivity contribution in [3.63, 3.8) is 0 Å². The zero-order valence-electron chi connectivity index (χ0n) is 21.2. The van der Waals surface area contributed by atoms with E-state index in [0.29, 0.717) is 48.3 Å². The number of furan rings is 1. The molecule has 1 N–H and O–H groups in total. The zero-order valence-corrected chi connectivity index (χ0v) is 22.8. The van der Waals surface area contributed by atoms with Crippen molar-refractivity contribution in [1.29, 1.82) is 0 Å². The van der Waals surface area contributed by atoms with Crippen molar-refractivity contribution in [3.8, 4) is 11.3 Å². The molecule has 1 aliphatic heterocycles. The summed E-state index contributed by atoms with van der Waals surface area (Å²) < 4.78 is 13.1. The summed E-state index contributed by atoms with van der Waals surface area (Å²) in [5.41, 5.74) is 2.32. The van der Waals surface area contributed by atoms with Gasteiger partial charge in [0, 0.05) is 16.7 Å². The minimum absolute atomic E-state index is 0.172. The lowest BCUT2D eigenvalue weighted by molar-refractivity contribution is -0.139. The third kappa shape index (κ3) is 4.75. The Kier molecular flexibility index (Phi) is 7.12. The normalized spacial score (nSPS) is 15.2. The van der Waals surface area contributed by atoms with Crippen LogP contribution in [-0.2, 0) is 9.53 Å². The van der Waals surface area contributed by atoms with Gasteiger partial charge < -0.3 is 14.3 Å². The number of esters is 1. The Balaban J connectivity index is 1.64. The molecule has 4 aromatic rings. The molecular formula is C29H23ClN2O6S. The van der Waals surface area contributed by atoms with Gasteiger partial charge in [-0.15, -0.1) is 0 Å². The quantitative estimate of drug-likeness (QED) is 0.340. The Bertz CT molecular complexity index is 1850. The largest absolute Gasteiger partial charge is 0.478 e. The second-order valence-corrected chi connectivity index (χ2v) is 10.2. The van der Waals surface area contributed by atoms with E-state index in [9.17, 15) is 19.5 Å². The molecule has 2 aromatic carbocycles. The number of aromatic carboxylic acids is 1. The number of fused-ring (bicyclic) bond motifs is 1. The van der Waals surface area contributed by atoms with Gasteiger partial charge in [0.25, 0.3) is 5.56 Å². The summed E-state index contributed by atoms with van der Waals surface area (Å²) in [5, 5.41) is 9.85. The molecule has 0 radical (unpaired) electrons. The van der Waals surface area contributed by atoms with Crippen molar-refractivity contribution in [2.45, 2.75) is 26.8 Å². The number of allylic oxidation sites excluding steroid dienone is 1. The molecule has 1 aliphatic rings. The third-order valence-corrected chi connectivity index (χ3v) is 7.77. The van der Waals surface area contributed by atoms with Gasteiger partial charge in [0.2, 0.25) is 0 Å². The SMILES string of the molecule is CCOC(=O)C1=C(C)N=c2s/c(=C/c3ccc(-c4cccc(C(=O)O)c4C)o3)c(=O)n2[C@@H]1c1ccccc1Cl. The van der Waals surface area contributed by atoms with Crippen molar-refractivity contribution in [1.82, 2.24) is 4.57 Å². The first-order chi connectivity index (χ1) is 18.7. The monoisotopic (exact) mass is 562 g/mol. The number of carboxylic acids is 1. The van der Waals surface area contributed by atoms with Gasteiger partial charge in [-0.05, 0) is 56.2 Å². The number of thiazole rings is 1. The summed E-state index contributed by atoms with van der Waals surface area (Å²) in [6.45, 7) is 5.31. The van der Waals surface area contributed by atoms with Crippen LogP contribution in [0.1, 0.15) is 47.1 Å². The number of benzene rings is 2. The average molecular weight is 563 g/mol. The molecule has 2 aromatic heterocycles. The van der Waals surface area contributed by atoms with Crippen LogP contribution in [0.2, 0.25) is 5.02 Å². The van der Waals surface area contributed by atoms with Crippen LogP contribution in [-0.4, -0.2) is 28.2 Å². The standard InChI is InChI=1S/C29H23ClN2O6S/c1-4-37-28(36)24-16(3)31-29-32(25(24)20-8-5-6-11-21(20)30)26(33)23(39-29)14-17-12-13-22(38-17)18-9-7-10-19(15(18)2)27(34)35/h5-14,25H,4H2,1-3H3,(H,34,35)/b23-14+/t25-/m1/s1. The predicted molar refractivity (Wildman–Crippen MR) is 148 cm³/mol. The highest BCUT2D eigenvalue weighted by atomic mass is 35.5. The van der Waals surface area contributed by atoms with Crippen molar-refractivity contribution >= 4 is 41.0 Å². The van der Waals surface area contributed by atoms with Gasteiger partial charge >= 0.3 is 11.9 Å². The fraction of sp³-hybridized carbons (Fsp3) is 0.172. The molecule has 0 saturated carbocycles. The molecule has 0 saturated heterocycles. The number of ether oxygens (including phenoxy) is 1. The van der Waals surface area contributed by atoms with Crippen LogP contribution in [0.25, 0.3) is 17.4 Å². The summed E-state index contributed by atoms with van der Waals surface area (Å²) in [7, 11) is 0. The molecule has 0 unspecified atom stereocenters. The number of carbonyl (C=O) groups is 2. The fourth-order valence-electron chi connectivity index (χ4n) is 4.62. The highest BCUT2D eigenvalue weighted by molar-refractivity contribution is 7.07. The van der Waals surface area contributed by atoms with Crippen LogP contribution in [0.3, 0.4) is 0 Å². The topological polar surface area (TPSA) is 111 Å². The van der Waals surface area contributed by atoms with Gasteiger partial charge in [0.1, 0.15) is 17.6 Å². The van der Waals surface area contributed by atoms with E-state index in [2.05, 4.69) is 4.99 Å². The van der Waals surface area contributed by atoms with Gasteiger partial charge in [-0.25, -0.2) is 14.6 Å². The first-order valence-electron chi connectivity index (χ1n) is 12.1. The number of hydrogen-bond acceptors (Lipinski definition) is 7. The lowest BCUT2D eigenvalue weighted by Crippen LogP contribution is -2.40. The fourth-order valence-corrected chi connectivity index (χ4v) is 5.89. The molecule has 0 fully saturated rings. The molecule has 0 bridgehead atoms. The Labute approximate surface area is 231 Å². The maximum absolute atomic E-state index is 13.8. The first kappa shape index (κ1) is 26.4. The summed E-state index contributed by atoms with van der Waals surface area (Å²) in [4.78, 5) is 43.3. The zero-order chi connectivity index (χ0) is 27.8. The van der Waals surface area contributed by atoms with E-state index in [4.69, 9.17) is 20.8 Å². The number of carboxylic acid groups (broad SMARTS) is 1. The number of carbonyl (C=O) groups excluding carboxylic acids is 1. The molecule has 0 spiro atoms. The van der Waals surface area contributed by atoms with E-state index in [0.717, 1.165) is 0 Å². The third-order valence-electron chi connectivity index (χ3n) is 6.45. The highest BCUT2D eigenvalue weighted by Gasteiger charge is 2.34. The van der Waals surface area contributed by atoms with E-state index in [1.807, 2.05) is 0 Å². The average Bonchev–Trinajstić information content (AvgIpc) is 3.48. The molecule has 39 heavy (non-hydrogen) atoms. The summed E-state index contributed by atoms with van der Waals surface area (Å²) in [6, 6.07) is 14.6. The van der Waals surface area contributed by atoms with Crippen molar-refractivity contribution in [2.75, 3.05) is 6.61 Å². The van der Waals surface area contributed by atoms with Crippen LogP contribution in [0.4, 0.5) is 0 Å². The molecule has 0 aliphatic carbocycles. The lowest BCUT2D eigenvalue weighted by atomic mass is 9.96.